The van der Waals surface area contributed by atoms with Gasteiger partial charge in [-0.3, -0.25) is 14.6 Å². The number of likely N-dealkylation sites (tertiary alicyclic amines) is 1. The number of aliphatic hydroxyl groups excluding tert-OH is 1. The maximum absolute atomic E-state index is 13.1. The second-order valence-electron chi connectivity index (χ2n) is 7.23. The van der Waals surface area contributed by atoms with Gasteiger partial charge in [0.05, 0.1) is 23.9 Å². The van der Waals surface area contributed by atoms with Gasteiger partial charge in [-0.15, -0.1) is 0 Å². The Morgan fingerprint density at radius 2 is 1.77 bits per heavy atom. The van der Waals surface area contributed by atoms with Crippen molar-refractivity contribution in [2.24, 2.45) is 0 Å². The summed E-state index contributed by atoms with van der Waals surface area (Å²) in [5, 5.41) is 11.1. The van der Waals surface area contributed by atoms with Crippen molar-refractivity contribution in [2.75, 3.05) is 6.79 Å². The van der Waals surface area contributed by atoms with E-state index in [4.69, 9.17) is 9.47 Å². The predicted molar refractivity (Wildman–Crippen MR) is 111 cm³/mol. The van der Waals surface area contributed by atoms with Crippen molar-refractivity contribution in [1.29, 1.82) is 0 Å². The second kappa shape index (κ2) is 7.60. The molecule has 1 aromatic heterocycles. The molecule has 3 heterocycles. The first-order valence-corrected chi connectivity index (χ1v) is 9.77. The lowest BCUT2D eigenvalue weighted by Gasteiger charge is -2.25. The third-order valence-corrected chi connectivity index (χ3v) is 5.36. The Morgan fingerprint density at radius 1 is 1.00 bits per heavy atom. The number of aromatic nitrogens is 1. The summed E-state index contributed by atoms with van der Waals surface area (Å²) in [4.78, 5) is 31.8. The number of nitrogens with zero attached hydrogens (tertiary/aromatic N) is 2. The molecule has 31 heavy (non-hydrogen) atoms. The van der Waals surface area contributed by atoms with Crippen molar-refractivity contribution in [1.82, 2.24) is 9.88 Å². The first-order valence-electron chi connectivity index (χ1n) is 9.77. The van der Waals surface area contributed by atoms with E-state index >= 15 is 0 Å². The zero-order valence-electron chi connectivity index (χ0n) is 16.4. The number of aliphatic hydroxyl groups is 1. The fourth-order valence-corrected chi connectivity index (χ4v) is 3.89. The quantitative estimate of drug-likeness (QED) is 0.400. The number of hydrogen-bond donors (Lipinski definition) is 1. The van der Waals surface area contributed by atoms with Gasteiger partial charge in [0.15, 0.2) is 11.5 Å². The van der Waals surface area contributed by atoms with Crippen LogP contribution in [0.5, 0.6) is 11.5 Å². The summed E-state index contributed by atoms with van der Waals surface area (Å²) < 4.78 is 10.7. The Kier molecular flexibility index (Phi) is 4.63. The fourth-order valence-electron chi connectivity index (χ4n) is 3.89. The van der Waals surface area contributed by atoms with E-state index in [0.29, 0.717) is 22.8 Å². The van der Waals surface area contributed by atoms with E-state index < -0.39 is 17.7 Å². The molecule has 2 aromatic carbocycles. The summed E-state index contributed by atoms with van der Waals surface area (Å²) in [6, 6.07) is 18.7. The number of amides is 1. The molecule has 3 aromatic rings. The molecule has 1 fully saturated rings. The molecular formula is C24H18N2O5. The van der Waals surface area contributed by atoms with E-state index in [1.54, 1.807) is 36.5 Å². The number of benzene rings is 2. The van der Waals surface area contributed by atoms with Gasteiger partial charge in [0, 0.05) is 11.8 Å². The molecule has 1 atom stereocenters. The average Bonchev–Trinajstić information content (AvgIpc) is 3.38. The second-order valence-corrected chi connectivity index (χ2v) is 7.23. The summed E-state index contributed by atoms with van der Waals surface area (Å²) in [6.45, 7) is 0.237. The first kappa shape index (κ1) is 18.9. The maximum atomic E-state index is 13.1. The highest BCUT2D eigenvalue weighted by Gasteiger charge is 2.46. The topological polar surface area (TPSA) is 89.0 Å². The number of pyridine rings is 1. The molecule has 1 saturated heterocycles. The molecule has 7 heteroatoms. The third kappa shape index (κ3) is 3.30. The van der Waals surface area contributed by atoms with Gasteiger partial charge in [-0.05, 0) is 35.9 Å². The van der Waals surface area contributed by atoms with Gasteiger partial charge in [0.1, 0.15) is 5.76 Å². The molecule has 0 aliphatic carbocycles. The summed E-state index contributed by atoms with van der Waals surface area (Å²) in [6.07, 6.45) is 1.63. The van der Waals surface area contributed by atoms with E-state index in [-0.39, 0.29) is 24.7 Å². The fraction of sp³-hybridized carbons (Fsp3) is 0.125. The first-order chi connectivity index (χ1) is 15.1. The van der Waals surface area contributed by atoms with Crippen LogP contribution in [-0.2, 0) is 16.1 Å². The van der Waals surface area contributed by atoms with E-state index in [9.17, 15) is 14.7 Å². The molecule has 5 rings (SSSR count). The van der Waals surface area contributed by atoms with Gasteiger partial charge in [-0.25, -0.2) is 0 Å². The molecule has 0 radical (unpaired) electrons. The lowest BCUT2D eigenvalue weighted by molar-refractivity contribution is -0.140. The summed E-state index contributed by atoms with van der Waals surface area (Å²) in [7, 11) is 0. The van der Waals surface area contributed by atoms with Crippen LogP contribution in [0, 0.1) is 0 Å². The van der Waals surface area contributed by atoms with Crippen molar-refractivity contribution in [2.45, 2.75) is 12.6 Å². The molecule has 1 amide bonds. The standard InChI is InChI=1S/C24H18N2O5/c27-22(16-9-10-18-19(12-16)31-14-30-18)20-21(15-6-2-1-3-7-15)26(24(29)23(20)28)13-17-8-4-5-11-25-17/h1-12,21,27H,13-14H2/b22-20-. The smallest absolute Gasteiger partial charge is 0.296 e. The molecule has 2 aliphatic heterocycles. The summed E-state index contributed by atoms with van der Waals surface area (Å²) >= 11 is 0. The number of hydrogen-bond acceptors (Lipinski definition) is 6. The molecule has 1 N–H and O–H groups in total. The Morgan fingerprint density at radius 3 is 2.55 bits per heavy atom. The van der Waals surface area contributed by atoms with E-state index in [2.05, 4.69) is 4.98 Å². The average molecular weight is 414 g/mol. The molecule has 154 valence electrons. The van der Waals surface area contributed by atoms with Crippen LogP contribution in [0.4, 0.5) is 0 Å². The Hall–Kier alpha value is -4.13. The van der Waals surface area contributed by atoms with Crippen LogP contribution in [0.25, 0.3) is 5.76 Å². The summed E-state index contributed by atoms with van der Waals surface area (Å²) in [5.74, 6) is -0.634. The molecule has 0 bridgehead atoms. The molecule has 2 aliphatic rings. The SMILES string of the molecule is O=C1C(=O)N(Cc2ccccn2)C(c2ccccc2)/C1=C(/O)c1ccc2c(c1)OCO2. The van der Waals surface area contributed by atoms with Crippen LogP contribution >= 0.6 is 0 Å². The van der Waals surface area contributed by atoms with Crippen LogP contribution in [0.15, 0.2) is 78.5 Å². The largest absolute Gasteiger partial charge is 0.507 e. The number of fused-ring (bicyclic) bond motifs is 1. The number of carbonyl (C=O) groups excluding carboxylic acids is 2. The predicted octanol–water partition coefficient (Wildman–Crippen LogP) is 3.43. The van der Waals surface area contributed by atoms with Crippen molar-refractivity contribution < 1.29 is 24.2 Å². The van der Waals surface area contributed by atoms with Gasteiger partial charge >= 0.3 is 0 Å². The number of Topliss-reactive ketones (excluding diaryl/α,β-unsaturated/α-hetero) is 1. The maximum Gasteiger partial charge on any atom is 0.296 e. The molecule has 1 unspecified atom stereocenters. The van der Waals surface area contributed by atoms with Gasteiger partial charge in [0.2, 0.25) is 6.79 Å². The third-order valence-electron chi connectivity index (χ3n) is 5.36. The number of rotatable bonds is 4. The van der Waals surface area contributed by atoms with Crippen molar-refractivity contribution in [3.8, 4) is 11.5 Å². The van der Waals surface area contributed by atoms with Crippen LogP contribution in [0.1, 0.15) is 22.9 Å². The Labute approximate surface area is 178 Å². The zero-order chi connectivity index (χ0) is 21.4. The number of ketones is 1. The normalized spacial score (nSPS) is 19.1. The van der Waals surface area contributed by atoms with E-state index in [0.717, 1.165) is 5.56 Å². The van der Waals surface area contributed by atoms with Gasteiger partial charge in [0.25, 0.3) is 11.7 Å². The van der Waals surface area contributed by atoms with E-state index in [1.807, 2.05) is 36.4 Å². The lowest BCUT2D eigenvalue weighted by atomic mass is 9.95. The van der Waals surface area contributed by atoms with Crippen LogP contribution in [-0.4, -0.2) is 33.5 Å². The van der Waals surface area contributed by atoms with Gasteiger partial charge < -0.3 is 19.5 Å². The minimum atomic E-state index is -0.742. The number of ether oxygens (including phenoxy) is 2. The zero-order valence-corrected chi connectivity index (χ0v) is 16.4. The highest BCUT2D eigenvalue weighted by Crippen LogP contribution is 2.41. The molecule has 0 saturated carbocycles. The Balaban J connectivity index is 1.63. The molecule has 0 spiro atoms. The van der Waals surface area contributed by atoms with Crippen molar-refractivity contribution >= 4 is 17.4 Å². The minimum absolute atomic E-state index is 0.0333. The monoisotopic (exact) mass is 414 g/mol. The Bertz CT molecular complexity index is 1190. The van der Waals surface area contributed by atoms with Gasteiger partial charge in [-0.1, -0.05) is 36.4 Å². The van der Waals surface area contributed by atoms with Crippen LogP contribution in [0.2, 0.25) is 0 Å². The highest BCUT2D eigenvalue weighted by molar-refractivity contribution is 6.46. The van der Waals surface area contributed by atoms with Crippen molar-refractivity contribution in [3.63, 3.8) is 0 Å². The van der Waals surface area contributed by atoms with E-state index in [1.165, 1.54) is 4.90 Å². The lowest BCUT2D eigenvalue weighted by Crippen LogP contribution is -2.29. The molecule has 7 nitrogen and oxygen atoms in total. The summed E-state index contributed by atoms with van der Waals surface area (Å²) in [5.41, 5.74) is 1.78. The molecular weight excluding hydrogens is 396 g/mol. The number of carbonyl (C=O) groups is 2. The van der Waals surface area contributed by atoms with Crippen LogP contribution in [0.3, 0.4) is 0 Å². The van der Waals surface area contributed by atoms with Crippen molar-refractivity contribution in [3.05, 3.63) is 95.3 Å². The van der Waals surface area contributed by atoms with Crippen LogP contribution < -0.4 is 9.47 Å². The minimum Gasteiger partial charge on any atom is -0.507 e. The van der Waals surface area contributed by atoms with Gasteiger partial charge in [-0.2, -0.15) is 0 Å². The highest BCUT2D eigenvalue weighted by atomic mass is 16.7.